The molecule has 2 fully saturated rings. The number of likely N-dealkylation sites (tertiary alicyclic amines) is 1. The molecule has 0 spiro atoms. The lowest BCUT2D eigenvalue weighted by molar-refractivity contribution is 0.0672. The average Bonchev–Trinajstić information content (AvgIpc) is 3.37. The van der Waals surface area contributed by atoms with Crippen LogP contribution in [0.4, 0.5) is 0 Å². The van der Waals surface area contributed by atoms with E-state index in [-0.39, 0.29) is 24.0 Å². The zero-order valence-electron chi connectivity index (χ0n) is 15.9. The van der Waals surface area contributed by atoms with E-state index < -0.39 is 5.60 Å². The molecule has 1 aromatic carbocycles. The van der Waals surface area contributed by atoms with Gasteiger partial charge in [-0.05, 0) is 51.1 Å². The Hall–Kier alpha value is -0.860. The van der Waals surface area contributed by atoms with Gasteiger partial charge in [-0.3, -0.25) is 0 Å². The van der Waals surface area contributed by atoms with Crippen LogP contribution >= 0.6 is 24.0 Å². The van der Waals surface area contributed by atoms with Gasteiger partial charge in [-0.2, -0.15) is 0 Å². The predicted molar refractivity (Wildman–Crippen MR) is 118 cm³/mol. The van der Waals surface area contributed by atoms with E-state index in [2.05, 4.69) is 27.4 Å². The molecule has 1 saturated heterocycles. The average molecular weight is 472 g/mol. The smallest absolute Gasteiger partial charge is 0.191 e. The molecule has 0 bridgehead atoms. The molecular weight excluding hydrogens is 439 g/mol. The van der Waals surface area contributed by atoms with Gasteiger partial charge in [0.05, 0.1) is 6.54 Å². The lowest BCUT2D eigenvalue weighted by atomic mass is 9.96. The normalized spacial score (nSPS) is 23.2. The fourth-order valence-electron chi connectivity index (χ4n) is 3.50. The Morgan fingerprint density at radius 2 is 1.96 bits per heavy atom. The lowest BCUT2D eigenvalue weighted by Gasteiger charge is -2.23. The highest BCUT2D eigenvalue weighted by Crippen LogP contribution is 2.31. The molecule has 1 aliphatic heterocycles. The highest BCUT2D eigenvalue weighted by atomic mass is 127. The van der Waals surface area contributed by atoms with Gasteiger partial charge in [0.15, 0.2) is 5.96 Å². The Bertz CT molecular complexity index is 574. The maximum atomic E-state index is 10.7. The molecular formula is C20H33IN4O. The second kappa shape index (κ2) is 9.90. The SMILES string of the molecule is CCNC(=NCC(C)(O)c1ccccc1)NCC1CCN(C2CC2)C1.I. The molecule has 3 N–H and O–H groups in total. The van der Waals surface area contributed by atoms with Gasteiger partial charge >= 0.3 is 0 Å². The molecule has 6 heteroatoms. The minimum Gasteiger partial charge on any atom is -0.384 e. The van der Waals surface area contributed by atoms with Gasteiger partial charge in [0, 0.05) is 25.7 Å². The molecule has 26 heavy (non-hydrogen) atoms. The summed E-state index contributed by atoms with van der Waals surface area (Å²) in [7, 11) is 0. The molecule has 1 aromatic rings. The molecule has 3 rings (SSSR count). The van der Waals surface area contributed by atoms with Crippen LogP contribution in [0.1, 0.15) is 38.7 Å². The second-order valence-electron chi connectivity index (χ2n) is 7.60. The van der Waals surface area contributed by atoms with Crippen molar-refractivity contribution in [2.24, 2.45) is 10.9 Å². The van der Waals surface area contributed by atoms with Gasteiger partial charge in [0.25, 0.3) is 0 Å². The Kier molecular flexibility index (Phi) is 8.16. The first kappa shape index (κ1) is 21.4. The van der Waals surface area contributed by atoms with Gasteiger partial charge in [0.1, 0.15) is 5.60 Å². The van der Waals surface area contributed by atoms with Crippen molar-refractivity contribution < 1.29 is 5.11 Å². The second-order valence-corrected chi connectivity index (χ2v) is 7.60. The number of benzene rings is 1. The Balaban J connectivity index is 0.00000243. The minimum absolute atomic E-state index is 0. The van der Waals surface area contributed by atoms with Crippen LogP contribution < -0.4 is 10.6 Å². The number of aliphatic hydroxyl groups is 1. The van der Waals surface area contributed by atoms with Crippen LogP contribution in [0.2, 0.25) is 0 Å². The van der Waals surface area contributed by atoms with Crippen LogP contribution in [0, 0.1) is 5.92 Å². The number of rotatable bonds is 7. The minimum atomic E-state index is -0.959. The summed E-state index contributed by atoms with van der Waals surface area (Å²) in [6.45, 7) is 8.44. The summed E-state index contributed by atoms with van der Waals surface area (Å²) < 4.78 is 0. The van der Waals surface area contributed by atoms with Gasteiger partial charge < -0.3 is 20.6 Å². The molecule has 2 unspecified atom stereocenters. The van der Waals surface area contributed by atoms with Crippen molar-refractivity contribution in [2.45, 2.75) is 44.8 Å². The zero-order valence-corrected chi connectivity index (χ0v) is 18.3. The first-order valence-electron chi connectivity index (χ1n) is 9.62. The fraction of sp³-hybridized carbons (Fsp3) is 0.650. The van der Waals surface area contributed by atoms with E-state index in [9.17, 15) is 5.11 Å². The Labute approximate surface area is 174 Å². The summed E-state index contributed by atoms with van der Waals surface area (Å²) in [5.74, 6) is 1.49. The van der Waals surface area contributed by atoms with Gasteiger partial charge in [-0.25, -0.2) is 4.99 Å². The van der Waals surface area contributed by atoms with Crippen molar-refractivity contribution in [1.82, 2.24) is 15.5 Å². The summed E-state index contributed by atoms with van der Waals surface area (Å²) in [4.78, 5) is 7.26. The summed E-state index contributed by atoms with van der Waals surface area (Å²) in [6.07, 6.45) is 4.04. The monoisotopic (exact) mass is 472 g/mol. The van der Waals surface area contributed by atoms with E-state index in [1.165, 1.54) is 32.4 Å². The van der Waals surface area contributed by atoms with Crippen LogP contribution in [0.5, 0.6) is 0 Å². The highest BCUT2D eigenvalue weighted by molar-refractivity contribution is 14.0. The van der Waals surface area contributed by atoms with Crippen LogP contribution in [0.15, 0.2) is 35.3 Å². The van der Waals surface area contributed by atoms with Crippen molar-refractivity contribution in [3.05, 3.63) is 35.9 Å². The van der Waals surface area contributed by atoms with Gasteiger partial charge in [0.2, 0.25) is 0 Å². The van der Waals surface area contributed by atoms with Crippen LogP contribution in [-0.4, -0.2) is 54.7 Å². The maximum absolute atomic E-state index is 10.7. The predicted octanol–water partition coefficient (Wildman–Crippen LogP) is 2.55. The van der Waals surface area contributed by atoms with E-state index in [4.69, 9.17) is 0 Å². The van der Waals surface area contributed by atoms with Crippen LogP contribution in [0.25, 0.3) is 0 Å². The fourth-order valence-corrected chi connectivity index (χ4v) is 3.50. The third-order valence-corrected chi connectivity index (χ3v) is 5.22. The molecule has 5 nitrogen and oxygen atoms in total. The number of halogens is 1. The van der Waals surface area contributed by atoms with Crippen molar-refractivity contribution in [1.29, 1.82) is 0 Å². The number of nitrogens with zero attached hydrogens (tertiary/aromatic N) is 2. The van der Waals surface area contributed by atoms with Crippen molar-refractivity contribution in [3.63, 3.8) is 0 Å². The molecule has 1 heterocycles. The van der Waals surface area contributed by atoms with Gasteiger partial charge in [-0.15, -0.1) is 24.0 Å². The number of nitrogens with one attached hydrogen (secondary N) is 2. The summed E-state index contributed by atoms with van der Waals surface area (Å²) in [5, 5.41) is 17.5. The number of hydrogen-bond donors (Lipinski definition) is 3. The molecule has 0 aromatic heterocycles. The number of guanidine groups is 1. The summed E-state index contributed by atoms with van der Waals surface area (Å²) in [6, 6.07) is 10.6. The van der Waals surface area contributed by atoms with Crippen molar-refractivity contribution in [2.75, 3.05) is 32.7 Å². The first-order chi connectivity index (χ1) is 12.1. The van der Waals surface area contributed by atoms with E-state index in [1.807, 2.05) is 37.3 Å². The summed E-state index contributed by atoms with van der Waals surface area (Å²) in [5.41, 5.74) is -0.0646. The molecule has 0 amide bonds. The molecule has 1 saturated carbocycles. The molecule has 2 atom stereocenters. The Morgan fingerprint density at radius 1 is 1.23 bits per heavy atom. The van der Waals surface area contributed by atoms with E-state index in [0.29, 0.717) is 12.5 Å². The van der Waals surface area contributed by atoms with Crippen LogP contribution in [0.3, 0.4) is 0 Å². The maximum Gasteiger partial charge on any atom is 0.191 e. The number of hydrogen-bond acceptors (Lipinski definition) is 3. The Morgan fingerprint density at radius 3 is 2.62 bits per heavy atom. The van der Waals surface area contributed by atoms with Gasteiger partial charge in [-0.1, -0.05) is 30.3 Å². The number of aliphatic imine (C=N–C) groups is 1. The first-order valence-corrected chi connectivity index (χ1v) is 9.62. The molecule has 146 valence electrons. The zero-order chi connectivity index (χ0) is 17.7. The van der Waals surface area contributed by atoms with Crippen LogP contribution in [-0.2, 0) is 5.60 Å². The summed E-state index contributed by atoms with van der Waals surface area (Å²) >= 11 is 0. The topological polar surface area (TPSA) is 59.9 Å². The van der Waals surface area contributed by atoms with E-state index in [1.54, 1.807) is 0 Å². The quantitative estimate of drug-likeness (QED) is 0.325. The lowest BCUT2D eigenvalue weighted by Crippen LogP contribution is -2.41. The van der Waals surface area contributed by atoms with E-state index >= 15 is 0 Å². The third-order valence-electron chi connectivity index (χ3n) is 5.22. The molecule has 2 aliphatic rings. The standard InChI is InChI=1S/C20H32N4O.HI/c1-3-21-19(22-13-16-11-12-24(14-16)18-9-10-18)23-15-20(2,25)17-7-5-4-6-8-17;/h4-8,16,18,25H,3,9-15H2,1-2H3,(H2,21,22,23);1H. The molecule has 1 aliphatic carbocycles. The van der Waals surface area contributed by atoms with E-state index in [0.717, 1.165) is 30.7 Å². The van der Waals surface area contributed by atoms with Crippen molar-refractivity contribution in [3.8, 4) is 0 Å². The highest BCUT2D eigenvalue weighted by Gasteiger charge is 2.34. The largest absolute Gasteiger partial charge is 0.384 e. The van der Waals surface area contributed by atoms with Crippen molar-refractivity contribution >= 4 is 29.9 Å². The molecule has 0 radical (unpaired) electrons. The third kappa shape index (κ3) is 6.09.